The van der Waals surface area contributed by atoms with Gasteiger partial charge in [0.2, 0.25) is 0 Å². The molecule has 0 aromatic heterocycles. The van der Waals surface area contributed by atoms with Crippen LogP contribution in [0, 0.1) is 5.82 Å². The van der Waals surface area contributed by atoms with Crippen molar-refractivity contribution in [2.24, 2.45) is 5.73 Å². The molecule has 1 atom stereocenters. The Hall–Kier alpha value is -2.07. The van der Waals surface area contributed by atoms with Crippen LogP contribution in [-0.2, 0) is 5.54 Å². The summed E-state index contributed by atoms with van der Waals surface area (Å²) in [5, 5.41) is 0. The van der Waals surface area contributed by atoms with Gasteiger partial charge in [-0.25, -0.2) is 4.39 Å². The summed E-state index contributed by atoms with van der Waals surface area (Å²) < 4.78 is 24.4. The van der Waals surface area contributed by atoms with Gasteiger partial charge in [0.15, 0.2) is 0 Å². The second kappa shape index (κ2) is 5.51. The van der Waals surface area contributed by atoms with Crippen molar-refractivity contribution in [3.63, 3.8) is 0 Å². The number of nitrogens with two attached hydrogens (primary N) is 1. The van der Waals surface area contributed by atoms with E-state index in [4.69, 9.17) is 15.2 Å². The van der Waals surface area contributed by atoms with Crippen LogP contribution >= 0.6 is 0 Å². The van der Waals surface area contributed by atoms with Crippen LogP contribution in [0.25, 0.3) is 0 Å². The highest BCUT2D eigenvalue weighted by Gasteiger charge is 2.27. The van der Waals surface area contributed by atoms with E-state index in [1.807, 2.05) is 24.3 Å². The Morgan fingerprint density at radius 2 is 1.65 bits per heavy atom. The van der Waals surface area contributed by atoms with E-state index in [0.717, 1.165) is 5.56 Å². The molecule has 0 saturated heterocycles. The van der Waals surface area contributed by atoms with E-state index in [0.29, 0.717) is 17.1 Å². The zero-order chi connectivity index (χ0) is 14.8. The molecule has 2 aromatic carbocycles. The highest BCUT2D eigenvalue weighted by Crippen LogP contribution is 2.32. The summed E-state index contributed by atoms with van der Waals surface area (Å²) in [5.74, 6) is 0.762. The van der Waals surface area contributed by atoms with Gasteiger partial charge in [-0.15, -0.1) is 0 Å². The molecule has 0 saturated carbocycles. The van der Waals surface area contributed by atoms with Crippen molar-refractivity contribution < 1.29 is 13.9 Å². The van der Waals surface area contributed by atoms with Gasteiger partial charge in [0, 0.05) is 11.6 Å². The molecule has 0 fully saturated rings. The largest absolute Gasteiger partial charge is 0.497 e. The van der Waals surface area contributed by atoms with Gasteiger partial charge in [0.1, 0.15) is 17.3 Å². The summed E-state index contributed by atoms with van der Waals surface area (Å²) in [4.78, 5) is 0. The average molecular weight is 275 g/mol. The Morgan fingerprint density at radius 3 is 2.25 bits per heavy atom. The van der Waals surface area contributed by atoms with Gasteiger partial charge in [-0.1, -0.05) is 18.2 Å². The predicted octanol–water partition coefficient (Wildman–Crippen LogP) is 3.07. The zero-order valence-electron chi connectivity index (χ0n) is 11.8. The second-order valence-corrected chi connectivity index (χ2v) is 4.78. The second-order valence-electron chi connectivity index (χ2n) is 4.78. The molecule has 0 aliphatic carbocycles. The smallest absolute Gasteiger partial charge is 0.132 e. The molecule has 0 bridgehead atoms. The van der Waals surface area contributed by atoms with Gasteiger partial charge in [-0.3, -0.25) is 0 Å². The Balaban J connectivity index is 2.48. The first-order valence-electron chi connectivity index (χ1n) is 6.26. The SMILES string of the molecule is COc1cccc(C(C)(N)c2ccc(OC)cc2F)c1. The van der Waals surface area contributed by atoms with Crippen molar-refractivity contribution in [2.45, 2.75) is 12.5 Å². The minimum absolute atomic E-state index is 0.392. The monoisotopic (exact) mass is 275 g/mol. The summed E-state index contributed by atoms with van der Waals surface area (Å²) in [7, 11) is 3.08. The molecule has 0 aliphatic heterocycles. The molecule has 0 spiro atoms. The van der Waals surface area contributed by atoms with Crippen molar-refractivity contribution in [1.29, 1.82) is 0 Å². The first-order valence-corrected chi connectivity index (χ1v) is 6.26. The maximum atomic E-state index is 14.2. The number of hydrogen-bond donors (Lipinski definition) is 1. The minimum Gasteiger partial charge on any atom is -0.497 e. The van der Waals surface area contributed by atoms with E-state index in [9.17, 15) is 4.39 Å². The molecule has 3 nitrogen and oxygen atoms in total. The maximum absolute atomic E-state index is 14.2. The molecule has 1 unspecified atom stereocenters. The first kappa shape index (κ1) is 14.3. The lowest BCUT2D eigenvalue weighted by Crippen LogP contribution is -2.35. The Labute approximate surface area is 118 Å². The summed E-state index contributed by atoms with van der Waals surface area (Å²) in [6.45, 7) is 1.77. The van der Waals surface area contributed by atoms with Gasteiger partial charge in [0.25, 0.3) is 0 Å². The van der Waals surface area contributed by atoms with E-state index in [2.05, 4.69) is 0 Å². The number of benzene rings is 2. The van der Waals surface area contributed by atoms with Crippen LogP contribution in [0.4, 0.5) is 4.39 Å². The zero-order valence-corrected chi connectivity index (χ0v) is 11.8. The van der Waals surface area contributed by atoms with Crippen LogP contribution in [0.2, 0.25) is 0 Å². The number of hydrogen-bond acceptors (Lipinski definition) is 3. The molecular formula is C16H18FNO2. The lowest BCUT2D eigenvalue weighted by atomic mass is 9.85. The lowest BCUT2D eigenvalue weighted by molar-refractivity contribution is 0.408. The Morgan fingerprint density at radius 1 is 1.00 bits per heavy atom. The predicted molar refractivity (Wildman–Crippen MR) is 76.6 cm³/mol. The van der Waals surface area contributed by atoms with Crippen molar-refractivity contribution in [1.82, 2.24) is 0 Å². The number of methoxy groups -OCH3 is 2. The van der Waals surface area contributed by atoms with Gasteiger partial charge in [-0.05, 0) is 30.7 Å². The quantitative estimate of drug-likeness (QED) is 0.932. The summed E-state index contributed by atoms with van der Waals surface area (Å²) in [6, 6.07) is 12.0. The molecule has 0 heterocycles. The Bertz CT molecular complexity index is 611. The third-order valence-electron chi connectivity index (χ3n) is 3.41. The molecule has 2 N–H and O–H groups in total. The van der Waals surface area contributed by atoms with E-state index in [1.54, 1.807) is 26.2 Å². The maximum Gasteiger partial charge on any atom is 0.132 e. The fourth-order valence-corrected chi connectivity index (χ4v) is 2.15. The van der Waals surface area contributed by atoms with E-state index >= 15 is 0 Å². The number of rotatable bonds is 4. The van der Waals surface area contributed by atoms with Crippen molar-refractivity contribution in [3.8, 4) is 11.5 Å². The number of ether oxygens (including phenoxy) is 2. The first-order chi connectivity index (χ1) is 9.48. The molecular weight excluding hydrogens is 257 g/mol. The van der Waals surface area contributed by atoms with E-state index in [1.165, 1.54) is 13.2 Å². The molecule has 4 heteroatoms. The highest BCUT2D eigenvalue weighted by atomic mass is 19.1. The highest BCUT2D eigenvalue weighted by molar-refractivity contribution is 5.43. The van der Waals surface area contributed by atoms with Crippen LogP contribution in [0.15, 0.2) is 42.5 Å². The topological polar surface area (TPSA) is 44.5 Å². The van der Waals surface area contributed by atoms with Gasteiger partial charge in [0.05, 0.1) is 19.8 Å². The molecule has 20 heavy (non-hydrogen) atoms. The lowest BCUT2D eigenvalue weighted by Gasteiger charge is -2.27. The molecule has 2 aromatic rings. The van der Waals surface area contributed by atoms with Gasteiger partial charge in [-0.2, -0.15) is 0 Å². The summed E-state index contributed by atoms with van der Waals surface area (Å²) in [6.07, 6.45) is 0. The van der Waals surface area contributed by atoms with Crippen LogP contribution < -0.4 is 15.2 Å². The van der Waals surface area contributed by atoms with Crippen LogP contribution in [-0.4, -0.2) is 14.2 Å². The fraction of sp³-hybridized carbons (Fsp3) is 0.250. The van der Waals surface area contributed by atoms with E-state index < -0.39 is 11.4 Å². The minimum atomic E-state index is -0.953. The summed E-state index contributed by atoms with van der Waals surface area (Å²) in [5.41, 5.74) is 6.57. The Kier molecular flexibility index (Phi) is 3.95. The van der Waals surface area contributed by atoms with Crippen LogP contribution in [0.3, 0.4) is 0 Å². The normalized spacial score (nSPS) is 13.7. The molecule has 0 aliphatic rings. The molecule has 0 radical (unpaired) electrons. The molecule has 0 amide bonds. The third-order valence-corrected chi connectivity index (χ3v) is 3.41. The summed E-state index contributed by atoms with van der Waals surface area (Å²) >= 11 is 0. The molecule has 2 rings (SSSR count). The third kappa shape index (κ3) is 2.60. The van der Waals surface area contributed by atoms with Crippen molar-refractivity contribution in [2.75, 3.05) is 14.2 Å². The van der Waals surface area contributed by atoms with Crippen LogP contribution in [0.1, 0.15) is 18.1 Å². The average Bonchev–Trinajstić information content (AvgIpc) is 2.46. The van der Waals surface area contributed by atoms with Gasteiger partial charge >= 0.3 is 0 Å². The fourth-order valence-electron chi connectivity index (χ4n) is 2.15. The standard InChI is InChI=1S/C16H18FNO2/c1-16(18,11-5-4-6-12(9-11)19-2)14-8-7-13(20-3)10-15(14)17/h4-10H,18H2,1-3H3. The van der Waals surface area contributed by atoms with Crippen LogP contribution in [0.5, 0.6) is 11.5 Å². The van der Waals surface area contributed by atoms with Crippen molar-refractivity contribution in [3.05, 3.63) is 59.4 Å². The number of halogens is 1. The van der Waals surface area contributed by atoms with Gasteiger partial charge < -0.3 is 15.2 Å². The van der Waals surface area contributed by atoms with E-state index in [-0.39, 0.29) is 0 Å². The van der Waals surface area contributed by atoms with Crippen molar-refractivity contribution >= 4 is 0 Å². The molecule has 106 valence electrons.